The lowest BCUT2D eigenvalue weighted by molar-refractivity contribution is -0.175. The van der Waals surface area contributed by atoms with Gasteiger partial charge < -0.3 is 18.9 Å². The largest absolute Gasteiger partial charge is 0.459 e. The van der Waals surface area contributed by atoms with E-state index in [4.69, 9.17) is 13.6 Å². The molecule has 2 aromatic heterocycles. The van der Waals surface area contributed by atoms with Gasteiger partial charge in [0.15, 0.2) is 5.76 Å². The van der Waals surface area contributed by atoms with Crippen molar-refractivity contribution in [2.75, 3.05) is 6.61 Å². The molecule has 1 N–H and O–H groups in total. The summed E-state index contributed by atoms with van der Waals surface area (Å²) in [5.74, 6) is 1.64. The molecule has 2 aliphatic carbocycles. The number of aryl methyl sites for hydroxylation is 1. The van der Waals surface area contributed by atoms with Crippen LogP contribution in [0.15, 0.2) is 27.2 Å². The number of carbonyl (C=O) groups is 1. The molecule has 0 radical (unpaired) electrons. The lowest BCUT2D eigenvalue weighted by atomic mass is 9.51. The second-order valence-electron chi connectivity index (χ2n) is 7.06. The Hall–Kier alpha value is -2.08. The summed E-state index contributed by atoms with van der Waals surface area (Å²) in [6.45, 7) is 4.59. The van der Waals surface area contributed by atoms with Gasteiger partial charge in [-0.1, -0.05) is 6.42 Å². The summed E-state index contributed by atoms with van der Waals surface area (Å²) in [5, 5.41) is 3.19. The highest BCUT2D eigenvalue weighted by Crippen LogP contribution is 2.57. The molecule has 4 rings (SSSR count). The average Bonchev–Trinajstić information content (AvgIpc) is 3.15. The number of rotatable bonds is 6. The third-order valence-corrected chi connectivity index (χ3v) is 5.73. The van der Waals surface area contributed by atoms with Crippen LogP contribution in [-0.2, 0) is 16.0 Å². The Morgan fingerprint density at radius 3 is 2.96 bits per heavy atom. The van der Waals surface area contributed by atoms with Crippen molar-refractivity contribution in [3.63, 3.8) is 0 Å². The molecule has 0 aromatic carbocycles. The molecular weight excluding hydrogens is 320 g/mol. The molecule has 0 unspecified atom stereocenters. The standard InChI is InChI=1S/C19H24N2O4/c1-3-23-16-11-15(19(16)7-5-8-19)21-17(22)10-13-12(2)25-18(20-13)14-6-4-9-24-14/h4,6,9,15-16H,3,5,7-8,10-11H2,1-2H3,(H,21,22)/t15-,16-/m0/s1. The summed E-state index contributed by atoms with van der Waals surface area (Å²) in [4.78, 5) is 16.9. The summed E-state index contributed by atoms with van der Waals surface area (Å²) in [7, 11) is 0. The Bertz CT molecular complexity index is 746. The lowest BCUT2D eigenvalue weighted by Crippen LogP contribution is -2.67. The number of carbonyl (C=O) groups excluding carboxylic acids is 1. The van der Waals surface area contributed by atoms with Crippen molar-refractivity contribution in [2.24, 2.45) is 5.41 Å². The summed E-state index contributed by atoms with van der Waals surface area (Å²) in [6.07, 6.45) is 6.53. The van der Waals surface area contributed by atoms with Gasteiger partial charge in [-0.25, -0.2) is 4.98 Å². The van der Waals surface area contributed by atoms with Gasteiger partial charge in [-0.2, -0.15) is 0 Å². The predicted octanol–water partition coefficient (Wildman–Crippen LogP) is 3.25. The maximum Gasteiger partial charge on any atom is 0.263 e. The van der Waals surface area contributed by atoms with E-state index in [0.29, 0.717) is 29.2 Å². The smallest absolute Gasteiger partial charge is 0.263 e. The van der Waals surface area contributed by atoms with Crippen molar-refractivity contribution in [1.29, 1.82) is 0 Å². The third kappa shape index (κ3) is 2.78. The Balaban J connectivity index is 1.39. The van der Waals surface area contributed by atoms with E-state index in [-0.39, 0.29) is 23.8 Å². The van der Waals surface area contributed by atoms with Crippen LogP contribution in [0.2, 0.25) is 0 Å². The first kappa shape index (κ1) is 16.4. The van der Waals surface area contributed by atoms with Crippen LogP contribution in [0.25, 0.3) is 11.7 Å². The molecule has 2 aliphatic rings. The quantitative estimate of drug-likeness (QED) is 0.870. The first-order valence-electron chi connectivity index (χ1n) is 9.03. The van der Waals surface area contributed by atoms with Gasteiger partial charge in [0.1, 0.15) is 5.76 Å². The average molecular weight is 344 g/mol. The number of ether oxygens (including phenoxy) is 1. The topological polar surface area (TPSA) is 77.5 Å². The fourth-order valence-electron chi connectivity index (χ4n) is 4.14. The van der Waals surface area contributed by atoms with Crippen molar-refractivity contribution >= 4 is 5.91 Å². The number of furan rings is 1. The van der Waals surface area contributed by atoms with Crippen LogP contribution in [0.1, 0.15) is 44.1 Å². The fraction of sp³-hybridized carbons (Fsp3) is 0.579. The van der Waals surface area contributed by atoms with Crippen molar-refractivity contribution in [3.8, 4) is 11.7 Å². The maximum atomic E-state index is 12.5. The number of nitrogens with one attached hydrogen (secondary N) is 1. The van der Waals surface area contributed by atoms with Gasteiger partial charge in [0.25, 0.3) is 5.89 Å². The number of nitrogens with zero attached hydrogens (tertiary/aromatic N) is 1. The van der Waals surface area contributed by atoms with Crippen LogP contribution in [-0.4, -0.2) is 29.6 Å². The SMILES string of the molecule is CCO[C@H]1C[C@H](NC(=O)Cc2nc(-c3ccco3)oc2C)C12CCC2. The van der Waals surface area contributed by atoms with E-state index in [1.54, 1.807) is 18.4 Å². The highest BCUT2D eigenvalue weighted by atomic mass is 16.5. The molecule has 0 aliphatic heterocycles. The van der Waals surface area contributed by atoms with Gasteiger partial charge in [-0.3, -0.25) is 4.79 Å². The number of oxazole rings is 1. The first-order chi connectivity index (χ1) is 12.1. The third-order valence-electron chi connectivity index (χ3n) is 5.73. The maximum absolute atomic E-state index is 12.5. The van der Waals surface area contributed by atoms with Crippen molar-refractivity contribution < 1.29 is 18.4 Å². The number of hydrogen-bond acceptors (Lipinski definition) is 5. The summed E-state index contributed by atoms with van der Waals surface area (Å²) < 4.78 is 16.8. The molecule has 1 amide bonds. The van der Waals surface area contributed by atoms with E-state index in [1.165, 1.54) is 6.42 Å². The molecular formula is C19H24N2O4. The minimum Gasteiger partial charge on any atom is -0.459 e. The first-order valence-corrected chi connectivity index (χ1v) is 9.03. The lowest BCUT2D eigenvalue weighted by Gasteiger charge is -2.61. The van der Waals surface area contributed by atoms with E-state index in [1.807, 2.05) is 13.8 Å². The van der Waals surface area contributed by atoms with E-state index in [0.717, 1.165) is 25.9 Å². The molecule has 1 spiro atoms. The number of amides is 1. The van der Waals surface area contributed by atoms with E-state index >= 15 is 0 Å². The van der Waals surface area contributed by atoms with Gasteiger partial charge in [0.2, 0.25) is 5.91 Å². The zero-order valence-corrected chi connectivity index (χ0v) is 14.7. The molecule has 134 valence electrons. The van der Waals surface area contributed by atoms with Crippen LogP contribution in [0, 0.1) is 12.3 Å². The highest BCUT2D eigenvalue weighted by molar-refractivity contribution is 5.79. The zero-order chi connectivity index (χ0) is 17.4. The minimum absolute atomic E-state index is 0.00591. The molecule has 0 saturated heterocycles. The van der Waals surface area contributed by atoms with Crippen LogP contribution >= 0.6 is 0 Å². The van der Waals surface area contributed by atoms with Crippen LogP contribution in [0.5, 0.6) is 0 Å². The van der Waals surface area contributed by atoms with Crippen LogP contribution in [0.3, 0.4) is 0 Å². The molecule has 2 aromatic rings. The summed E-state index contributed by atoms with van der Waals surface area (Å²) in [5.41, 5.74) is 0.830. The van der Waals surface area contributed by atoms with Crippen molar-refractivity contribution in [3.05, 3.63) is 29.9 Å². The van der Waals surface area contributed by atoms with E-state index in [9.17, 15) is 4.79 Å². The van der Waals surface area contributed by atoms with E-state index in [2.05, 4.69) is 10.3 Å². The second-order valence-corrected chi connectivity index (χ2v) is 7.06. The second kappa shape index (κ2) is 6.33. The molecule has 2 fully saturated rings. The Morgan fingerprint density at radius 2 is 2.32 bits per heavy atom. The summed E-state index contributed by atoms with van der Waals surface area (Å²) >= 11 is 0. The predicted molar refractivity (Wildman–Crippen MR) is 90.9 cm³/mol. The normalized spacial score (nSPS) is 23.9. The van der Waals surface area contributed by atoms with Gasteiger partial charge in [0.05, 0.1) is 24.5 Å². The molecule has 6 nitrogen and oxygen atoms in total. The molecule has 2 saturated carbocycles. The molecule has 0 bridgehead atoms. The molecule has 2 heterocycles. The minimum atomic E-state index is -0.00591. The highest BCUT2D eigenvalue weighted by Gasteiger charge is 2.59. The van der Waals surface area contributed by atoms with Gasteiger partial charge in [-0.15, -0.1) is 0 Å². The number of aromatic nitrogens is 1. The molecule has 2 atom stereocenters. The number of hydrogen-bond donors (Lipinski definition) is 1. The fourth-order valence-corrected chi connectivity index (χ4v) is 4.14. The van der Waals surface area contributed by atoms with Crippen LogP contribution in [0.4, 0.5) is 0 Å². The van der Waals surface area contributed by atoms with E-state index < -0.39 is 0 Å². The van der Waals surface area contributed by atoms with Gasteiger partial charge >= 0.3 is 0 Å². The van der Waals surface area contributed by atoms with Crippen molar-refractivity contribution in [2.45, 2.75) is 58.1 Å². The van der Waals surface area contributed by atoms with Gasteiger partial charge in [-0.05, 0) is 45.2 Å². The Morgan fingerprint density at radius 1 is 1.48 bits per heavy atom. The molecule has 25 heavy (non-hydrogen) atoms. The zero-order valence-electron chi connectivity index (χ0n) is 14.7. The Kier molecular flexibility index (Phi) is 4.15. The van der Waals surface area contributed by atoms with Crippen molar-refractivity contribution in [1.82, 2.24) is 10.3 Å². The summed E-state index contributed by atoms with van der Waals surface area (Å²) in [6, 6.07) is 3.80. The van der Waals surface area contributed by atoms with Crippen LogP contribution < -0.4 is 5.32 Å². The Labute approximate surface area is 146 Å². The van der Waals surface area contributed by atoms with Gasteiger partial charge in [0, 0.05) is 18.1 Å². The monoisotopic (exact) mass is 344 g/mol. The molecule has 6 heteroatoms.